The Labute approximate surface area is 74.8 Å². The SMILES string of the molecule is [CH2]C1=CN(C(F)(F)F)C(Br)S1. The van der Waals surface area contributed by atoms with Crippen LogP contribution in [-0.2, 0) is 0 Å². The topological polar surface area (TPSA) is 3.24 Å². The van der Waals surface area contributed by atoms with Crippen molar-refractivity contribution in [3.05, 3.63) is 18.0 Å². The molecule has 0 fully saturated rings. The molecule has 11 heavy (non-hydrogen) atoms. The Hall–Kier alpha value is 0.160. The quantitative estimate of drug-likeness (QED) is 0.478. The van der Waals surface area contributed by atoms with Crippen molar-refractivity contribution in [1.82, 2.24) is 4.90 Å². The molecule has 1 aliphatic rings. The predicted octanol–water partition coefficient (Wildman–Crippen LogP) is 2.91. The normalized spacial score (nSPS) is 25.7. The van der Waals surface area contributed by atoms with Crippen LogP contribution in [0.15, 0.2) is 11.1 Å². The van der Waals surface area contributed by atoms with E-state index in [4.69, 9.17) is 0 Å². The number of nitrogens with zero attached hydrogens (tertiary/aromatic N) is 1. The molecule has 1 aliphatic heterocycles. The van der Waals surface area contributed by atoms with E-state index < -0.39 is 10.6 Å². The second-order valence-corrected chi connectivity index (χ2v) is 4.56. The lowest BCUT2D eigenvalue weighted by molar-refractivity contribution is -0.223. The van der Waals surface area contributed by atoms with Gasteiger partial charge in [-0.1, -0.05) is 27.7 Å². The van der Waals surface area contributed by atoms with Crippen LogP contribution in [0.5, 0.6) is 0 Å². The van der Waals surface area contributed by atoms with E-state index >= 15 is 0 Å². The molecule has 1 nitrogen and oxygen atoms in total. The van der Waals surface area contributed by atoms with Gasteiger partial charge in [-0.05, 0) is 6.92 Å². The smallest absolute Gasteiger partial charge is 0.268 e. The fourth-order valence-corrected chi connectivity index (χ4v) is 2.40. The van der Waals surface area contributed by atoms with E-state index in [1.54, 1.807) is 0 Å². The Balaban J connectivity index is 2.74. The van der Waals surface area contributed by atoms with Gasteiger partial charge in [0.05, 0.1) is 0 Å². The first kappa shape index (κ1) is 9.25. The van der Waals surface area contributed by atoms with E-state index in [9.17, 15) is 13.2 Å². The highest BCUT2D eigenvalue weighted by Gasteiger charge is 2.42. The Bertz CT molecular complexity index is 191. The van der Waals surface area contributed by atoms with Crippen molar-refractivity contribution < 1.29 is 13.2 Å². The first-order valence-electron chi connectivity index (χ1n) is 2.61. The second-order valence-electron chi connectivity index (χ2n) is 1.88. The molecule has 0 aliphatic carbocycles. The molecule has 1 unspecified atom stereocenters. The standard InChI is InChI=1S/C5H4BrF3NS/c1-3-2-10(4(6)11-3)5(7,8)9/h2,4H,1H2. The molecule has 0 N–H and O–H groups in total. The molecule has 1 atom stereocenters. The average molecular weight is 247 g/mol. The van der Waals surface area contributed by atoms with Crippen molar-refractivity contribution in [2.45, 2.75) is 10.6 Å². The zero-order chi connectivity index (χ0) is 8.65. The molecule has 0 bridgehead atoms. The Morgan fingerprint density at radius 2 is 2.18 bits per heavy atom. The summed E-state index contributed by atoms with van der Waals surface area (Å²) in [6, 6.07) is 0. The molecule has 0 aromatic rings. The molecule has 0 amide bonds. The highest BCUT2D eigenvalue weighted by Crippen LogP contribution is 2.41. The monoisotopic (exact) mass is 246 g/mol. The van der Waals surface area contributed by atoms with Gasteiger partial charge < -0.3 is 0 Å². The minimum absolute atomic E-state index is 0.264. The Kier molecular flexibility index (Phi) is 2.43. The number of alkyl halides is 4. The first-order valence-corrected chi connectivity index (χ1v) is 4.40. The lowest BCUT2D eigenvalue weighted by Crippen LogP contribution is -2.34. The third kappa shape index (κ3) is 2.05. The zero-order valence-corrected chi connectivity index (χ0v) is 7.63. The zero-order valence-electron chi connectivity index (χ0n) is 5.23. The van der Waals surface area contributed by atoms with E-state index in [2.05, 4.69) is 22.9 Å². The van der Waals surface area contributed by atoms with Gasteiger partial charge >= 0.3 is 6.30 Å². The van der Waals surface area contributed by atoms with Gasteiger partial charge in [0.15, 0.2) is 0 Å². The molecule has 0 saturated carbocycles. The van der Waals surface area contributed by atoms with Gasteiger partial charge in [-0.25, -0.2) is 0 Å². The number of hydrogen-bond acceptors (Lipinski definition) is 2. The summed E-state index contributed by atoms with van der Waals surface area (Å²) in [6.45, 7) is 3.40. The summed E-state index contributed by atoms with van der Waals surface area (Å²) in [5, 5.41) is 0. The molecule has 1 rings (SSSR count). The molecule has 0 spiro atoms. The summed E-state index contributed by atoms with van der Waals surface area (Å²) in [5.74, 6) is 0. The van der Waals surface area contributed by atoms with Crippen LogP contribution >= 0.6 is 27.7 Å². The maximum atomic E-state index is 12.0. The molecule has 1 radical (unpaired) electrons. The van der Waals surface area contributed by atoms with E-state index in [1.807, 2.05) is 0 Å². The van der Waals surface area contributed by atoms with Crippen LogP contribution in [0.3, 0.4) is 0 Å². The highest BCUT2D eigenvalue weighted by atomic mass is 79.9. The van der Waals surface area contributed by atoms with Gasteiger partial charge in [0.1, 0.15) is 4.28 Å². The molecule has 63 valence electrons. The van der Waals surface area contributed by atoms with Crippen LogP contribution in [-0.4, -0.2) is 15.5 Å². The fraction of sp³-hybridized carbons (Fsp3) is 0.400. The third-order valence-electron chi connectivity index (χ3n) is 1.04. The minimum Gasteiger partial charge on any atom is -0.268 e. The summed E-state index contributed by atoms with van der Waals surface area (Å²) >= 11 is 3.89. The van der Waals surface area contributed by atoms with Crippen LogP contribution in [0.1, 0.15) is 0 Å². The van der Waals surface area contributed by atoms with Crippen molar-refractivity contribution in [3.8, 4) is 0 Å². The van der Waals surface area contributed by atoms with Gasteiger partial charge in [0, 0.05) is 11.1 Å². The Morgan fingerprint density at radius 3 is 2.36 bits per heavy atom. The van der Waals surface area contributed by atoms with Gasteiger partial charge in [-0.3, -0.25) is 4.90 Å². The summed E-state index contributed by atoms with van der Waals surface area (Å²) < 4.78 is 35.2. The average Bonchev–Trinajstić information content (AvgIpc) is 2.08. The molecule has 0 aromatic heterocycles. The summed E-state index contributed by atoms with van der Waals surface area (Å²) in [6.07, 6.45) is -3.34. The van der Waals surface area contributed by atoms with Crippen LogP contribution in [0.2, 0.25) is 0 Å². The maximum Gasteiger partial charge on any atom is 0.486 e. The van der Waals surface area contributed by atoms with E-state index in [1.165, 1.54) is 0 Å². The van der Waals surface area contributed by atoms with Crippen LogP contribution in [0.25, 0.3) is 0 Å². The largest absolute Gasteiger partial charge is 0.486 e. The Morgan fingerprint density at radius 1 is 1.64 bits per heavy atom. The van der Waals surface area contributed by atoms with Crippen LogP contribution < -0.4 is 0 Å². The van der Waals surface area contributed by atoms with E-state index in [0.29, 0.717) is 4.91 Å². The summed E-state index contributed by atoms with van der Waals surface area (Å²) in [7, 11) is 0. The highest BCUT2D eigenvalue weighted by molar-refractivity contribution is 9.11. The van der Waals surface area contributed by atoms with Crippen molar-refractivity contribution in [2.24, 2.45) is 0 Å². The van der Waals surface area contributed by atoms with Crippen molar-refractivity contribution >= 4 is 27.7 Å². The molecule has 0 aromatic carbocycles. The lowest BCUT2D eigenvalue weighted by Gasteiger charge is -2.21. The minimum atomic E-state index is -4.32. The van der Waals surface area contributed by atoms with E-state index in [-0.39, 0.29) is 4.90 Å². The summed E-state index contributed by atoms with van der Waals surface area (Å²) in [4.78, 5) is 0.671. The number of rotatable bonds is 0. The van der Waals surface area contributed by atoms with Gasteiger partial charge in [-0.15, -0.1) is 0 Å². The summed E-state index contributed by atoms with van der Waals surface area (Å²) in [5.41, 5.74) is 0. The molecular formula is C5H4BrF3NS. The number of hydrogen-bond donors (Lipinski definition) is 0. The van der Waals surface area contributed by atoms with Crippen molar-refractivity contribution in [2.75, 3.05) is 0 Å². The predicted molar refractivity (Wildman–Crippen MR) is 41.6 cm³/mol. The molecule has 6 heteroatoms. The fourth-order valence-electron chi connectivity index (χ4n) is 0.614. The van der Waals surface area contributed by atoms with Gasteiger partial charge in [-0.2, -0.15) is 13.2 Å². The first-order chi connectivity index (χ1) is 4.91. The van der Waals surface area contributed by atoms with Crippen molar-refractivity contribution in [3.63, 3.8) is 0 Å². The van der Waals surface area contributed by atoms with Crippen molar-refractivity contribution in [1.29, 1.82) is 0 Å². The molecule has 1 heterocycles. The number of allylic oxidation sites excluding steroid dienone is 1. The third-order valence-corrected chi connectivity index (χ3v) is 2.87. The second kappa shape index (κ2) is 2.90. The molecule has 0 saturated heterocycles. The van der Waals surface area contributed by atoms with Gasteiger partial charge in [0.25, 0.3) is 0 Å². The van der Waals surface area contributed by atoms with Crippen LogP contribution in [0, 0.1) is 6.92 Å². The maximum absolute atomic E-state index is 12.0. The molecular weight excluding hydrogens is 243 g/mol. The lowest BCUT2D eigenvalue weighted by atomic mass is 10.6. The van der Waals surface area contributed by atoms with E-state index in [0.717, 1.165) is 18.0 Å². The van der Waals surface area contributed by atoms with Gasteiger partial charge in [0.2, 0.25) is 0 Å². The van der Waals surface area contributed by atoms with Crippen LogP contribution in [0.4, 0.5) is 13.2 Å². The number of thioether (sulfide) groups is 1. The number of halogens is 4.